The Balaban J connectivity index is 1.35. The average Bonchev–Trinajstić information content (AvgIpc) is 3.52. The van der Waals surface area contributed by atoms with Crippen LogP contribution >= 0.6 is 0 Å². The molecule has 1 unspecified atom stereocenters. The summed E-state index contributed by atoms with van der Waals surface area (Å²) in [6.07, 6.45) is 9.11. The number of amides is 2. The molecule has 0 bridgehead atoms. The van der Waals surface area contributed by atoms with E-state index in [9.17, 15) is 9.59 Å². The summed E-state index contributed by atoms with van der Waals surface area (Å²) in [5, 5.41) is 13.2. The highest BCUT2D eigenvalue weighted by Gasteiger charge is 2.31. The van der Waals surface area contributed by atoms with Crippen LogP contribution in [-0.4, -0.2) is 34.7 Å². The molecule has 1 aliphatic carbocycles. The zero-order valence-electron chi connectivity index (χ0n) is 19.8. The van der Waals surface area contributed by atoms with E-state index in [1.807, 2.05) is 43.7 Å². The quantitative estimate of drug-likeness (QED) is 0.452. The number of benzene rings is 1. The Morgan fingerprint density at radius 3 is 2.47 bits per heavy atom. The summed E-state index contributed by atoms with van der Waals surface area (Å²) in [6.45, 7) is 1.49. The van der Waals surface area contributed by atoms with Gasteiger partial charge in [-0.1, -0.05) is 43.5 Å². The van der Waals surface area contributed by atoms with E-state index in [2.05, 4.69) is 21.0 Å². The van der Waals surface area contributed by atoms with Gasteiger partial charge in [0, 0.05) is 44.5 Å². The lowest BCUT2D eigenvalue weighted by molar-refractivity contribution is -0.124. The molecule has 2 amide bonds. The molecule has 0 spiro atoms. The highest BCUT2D eigenvalue weighted by Crippen LogP contribution is 2.27. The second-order valence-corrected chi connectivity index (χ2v) is 8.95. The molecule has 2 heterocycles. The maximum atomic E-state index is 12.9. The first-order chi connectivity index (χ1) is 16.5. The minimum atomic E-state index is -0.537. The van der Waals surface area contributed by atoms with Crippen molar-refractivity contribution in [2.24, 2.45) is 13.0 Å². The molecule has 4 rings (SSSR count). The maximum Gasteiger partial charge on any atom is 0.287 e. The molecule has 180 valence electrons. The van der Waals surface area contributed by atoms with Crippen molar-refractivity contribution in [3.8, 4) is 11.3 Å². The van der Waals surface area contributed by atoms with E-state index in [0.29, 0.717) is 5.76 Å². The van der Waals surface area contributed by atoms with Gasteiger partial charge in [-0.2, -0.15) is 5.10 Å². The van der Waals surface area contributed by atoms with Crippen LogP contribution in [0.15, 0.2) is 53.2 Å². The monoisotopic (exact) mass is 463 g/mol. The predicted molar refractivity (Wildman–Crippen MR) is 130 cm³/mol. The van der Waals surface area contributed by atoms with Gasteiger partial charge in [0.2, 0.25) is 5.91 Å². The molecule has 34 heavy (non-hydrogen) atoms. The number of likely N-dealkylation sites (N-methyl/N-ethyl adjacent to an activating group) is 1. The van der Waals surface area contributed by atoms with E-state index in [1.54, 1.807) is 23.9 Å². The fraction of sp³-hybridized carbons (Fsp3) is 0.423. The third-order valence-corrected chi connectivity index (χ3v) is 6.42. The topological polar surface area (TPSA) is 101 Å². The van der Waals surface area contributed by atoms with Crippen molar-refractivity contribution >= 4 is 11.8 Å². The fourth-order valence-corrected chi connectivity index (χ4v) is 4.55. The first-order valence-corrected chi connectivity index (χ1v) is 11.9. The predicted octanol–water partition coefficient (Wildman–Crippen LogP) is 3.39. The van der Waals surface area contributed by atoms with Crippen molar-refractivity contribution in [3.05, 3.63) is 65.7 Å². The van der Waals surface area contributed by atoms with Crippen molar-refractivity contribution in [3.63, 3.8) is 0 Å². The zero-order valence-corrected chi connectivity index (χ0v) is 19.8. The summed E-state index contributed by atoms with van der Waals surface area (Å²) in [4.78, 5) is 25.3. The summed E-state index contributed by atoms with van der Waals surface area (Å²) >= 11 is 0. The van der Waals surface area contributed by atoms with E-state index in [4.69, 9.17) is 4.42 Å². The van der Waals surface area contributed by atoms with Crippen molar-refractivity contribution in [2.45, 2.75) is 51.2 Å². The summed E-state index contributed by atoms with van der Waals surface area (Å²) in [7, 11) is 3.51. The van der Waals surface area contributed by atoms with E-state index >= 15 is 0 Å². The second-order valence-electron chi connectivity index (χ2n) is 8.95. The van der Waals surface area contributed by atoms with Crippen molar-refractivity contribution in [2.75, 3.05) is 7.05 Å². The van der Waals surface area contributed by atoms with Crippen LogP contribution in [0.2, 0.25) is 0 Å². The minimum absolute atomic E-state index is 0.153. The molecule has 1 aliphatic rings. The molecule has 8 nitrogen and oxygen atoms in total. The molecular weight excluding hydrogens is 430 g/mol. The first-order valence-electron chi connectivity index (χ1n) is 11.9. The molecule has 1 aromatic carbocycles. The van der Waals surface area contributed by atoms with Crippen LogP contribution in [-0.2, 0) is 24.9 Å². The molecule has 3 N–H and O–H groups in total. The van der Waals surface area contributed by atoms with Gasteiger partial charge in [0.25, 0.3) is 5.91 Å². The number of carbonyl (C=O) groups excluding carboxylic acids is 2. The number of nitrogens with one attached hydrogen (secondary N) is 3. The molecule has 3 aromatic rings. The zero-order chi connectivity index (χ0) is 23.9. The lowest BCUT2D eigenvalue weighted by Gasteiger charge is -2.29. The smallest absolute Gasteiger partial charge is 0.287 e. The van der Waals surface area contributed by atoms with Gasteiger partial charge in [-0.3, -0.25) is 14.3 Å². The van der Waals surface area contributed by atoms with Gasteiger partial charge in [0.15, 0.2) is 5.76 Å². The van der Waals surface area contributed by atoms with Gasteiger partial charge in [-0.05, 0) is 36.5 Å². The van der Waals surface area contributed by atoms with Gasteiger partial charge in [-0.15, -0.1) is 0 Å². The van der Waals surface area contributed by atoms with E-state index in [0.717, 1.165) is 55.5 Å². The molecule has 1 atom stereocenters. The van der Waals surface area contributed by atoms with E-state index < -0.39 is 6.04 Å². The summed E-state index contributed by atoms with van der Waals surface area (Å²) in [6, 6.07) is 11.0. The number of furan rings is 1. The molecule has 1 fully saturated rings. The van der Waals surface area contributed by atoms with Crippen LogP contribution in [0.3, 0.4) is 0 Å². The van der Waals surface area contributed by atoms with Crippen LogP contribution in [0.1, 0.15) is 53.8 Å². The molecule has 1 saturated carbocycles. The number of aromatic nitrogens is 2. The molecular formula is C26H33N5O3. The van der Waals surface area contributed by atoms with Crippen LogP contribution in [0, 0.1) is 5.92 Å². The lowest BCUT2D eigenvalue weighted by Crippen LogP contribution is -2.50. The van der Waals surface area contributed by atoms with Gasteiger partial charge in [0.1, 0.15) is 11.8 Å². The van der Waals surface area contributed by atoms with Gasteiger partial charge >= 0.3 is 0 Å². The summed E-state index contributed by atoms with van der Waals surface area (Å²) in [5.41, 5.74) is 3.19. The highest BCUT2D eigenvalue weighted by molar-refractivity contribution is 5.96. The Morgan fingerprint density at radius 2 is 1.79 bits per heavy atom. The normalized spacial score (nSPS) is 15.1. The first kappa shape index (κ1) is 23.8. The highest BCUT2D eigenvalue weighted by atomic mass is 16.4. The average molecular weight is 464 g/mol. The Morgan fingerprint density at radius 1 is 1.06 bits per heavy atom. The second kappa shape index (κ2) is 11.2. The van der Waals surface area contributed by atoms with Crippen LogP contribution in [0.4, 0.5) is 0 Å². The molecule has 8 heteroatoms. The van der Waals surface area contributed by atoms with Gasteiger partial charge in [0.05, 0.1) is 6.20 Å². The van der Waals surface area contributed by atoms with Gasteiger partial charge in [-0.25, -0.2) is 0 Å². The molecule has 0 saturated heterocycles. The van der Waals surface area contributed by atoms with Crippen LogP contribution in [0.5, 0.6) is 0 Å². The number of nitrogens with zero attached hydrogens (tertiary/aromatic N) is 2. The van der Waals surface area contributed by atoms with Crippen molar-refractivity contribution in [1.29, 1.82) is 0 Å². The van der Waals surface area contributed by atoms with E-state index in [1.165, 1.54) is 6.42 Å². The third kappa shape index (κ3) is 5.94. The Bertz CT molecular complexity index is 1100. The van der Waals surface area contributed by atoms with Gasteiger partial charge < -0.3 is 20.4 Å². The summed E-state index contributed by atoms with van der Waals surface area (Å²) < 4.78 is 7.64. The van der Waals surface area contributed by atoms with Crippen LogP contribution in [0.25, 0.3) is 11.3 Å². The summed E-state index contributed by atoms with van der Waals surface area (Å²) in [5.74, 6) is 0.476. The van der Waals surface area contributed by atoms with Crippen LogP contribution < -0.4 is 16.0 Å². The lowest BCUT2D eigenvalue weighted by atomic mass is 9.83. The molecule has 0 radical (unpaired) electrons. The molecule has 2 aromatic heterocycles. The number of aryl methyl sites for hydroxylation is 1. The molecule has 0 aliphatic heterocycles. The van der Waals surface area contributed by atoms with Crippen molar-refractivity contribution in [1.82, 2.24) is 25.7 Å². The number of rotatable bonds is 9. The Labute approximate surface area is 200 Å². The SMILES string of the molecule is CNC(=O)C(NC(=O)c1ccc(-c2ccc(CNCc3cnn(C)c3)cc2)o1)C1CCCCC1. The standard InChI is InChI=1S/C26H33N5O3/c1-27-26(33)24(21-6-4-3-5-7-21)30-25(32)23-13-12-22(34-23)20-10-8-18(9-11-20)14-28-15-19-16-29-31(2)17-19/h8-13,16-17,21,24,28H,3-7,14-15H2,1-2H3,(H,27,33)(H,30,32). The Hall–Kier alpha value is -3.39. The third-order valence-electron chi connectivity index (χ3n) is 6.42. The fourth-order valence-electron chi connectivity index (χ4n) is 4.55. The Kier molecular flexibility index (Phi) is 7.80. The maximum absolute atomic E-state index is 12.9. The van der Waals surface area contributed by atoms with Crippen molar-refractivity contribution < 1.29 is 14.0 Å². The van der Waals surface area contributed by atoms with E-state index in [-0.39, 0.29) is 23.5 Å². The number of carbonyl (C=O) groups is 2. The minimum Gasteiger partial charge on any atom is -0.451 e. The largest absolute Gasteiger partial charge is 0.451 e. The number of hydrogen-bond donors (Lipinski definition) is 3. The number of hydrogen-bond acceptors (Lipinski definition) is 5.